The molecule has 2 heterocycles. The number of pyridine rings is 2. The molecule has 2 aromatic heterocycles. The number of hydrogen-bond donors (Lipinski definition) is 3. The molecule has 0 aliphatic carbocycles. The molecule has 28 heavy (non-hydrogen) atoms. The molecule has 0 saturated carbocycles. The zero-order chi connectivity index (χ0) is 21.2. The van der Waals surface area contributed by atoms with E-state index in [4.69, 9.17) is 18.3 Å². The molecule has 0 fully saturated rings. The Kier molecular flexibility index (Phi) is 14.3. The number of carbonyl (C=O) groups is 1. The number of primary amides is 1. The number of nitrogens with two attached hydrogens (primary N) is 2. The monoisotopic (exact) mass is 487 g/mol. The van der Waals surface area contributed by atoms with Gasteiger partial charge in [0, 0.05) is 12.4 Å². The molecule has 2 amide bonds. The van der Waals surface area contributed by atoms with E-state index < -0.39 is 24.5 Å². The summed E-state index contributed by atoms with van der Waals surface area (Å²) < 4.78 is 17.0. The van der Waals surface area contributed by atoms with E-state index in [0.717, 1.165) is 5.69 Å². The third-order valence-electron chi connectivity index (χ3n) is 2.40. The van der Waals surface area contributed by atoms with Crippen LogP contribution in [0, 0.1) is 0 Å². The van der Waals surface area contributed by atoms with Crippen LogP contribution in [0.25, 0.3) is 0 Å². The van der Waals surface area contributed by atoms with E-state index >= 15 is 0 Å². The average molecular weight is 485 g/mol. The summed E-state index contributed by atoms with van der Waals surface area (Å²) in [6, 6.07) is 10.2. The summed E-state index contributed by atoms with van der Waals surface area (Å²) in [5, 5.41) is 10.8. The van der Waals surface area contributed by atoms with Crippen molar-refractivity contribution in [1.82, 2.24) is 15.4 Å². The van der Waals surface area contributed by atoms with Gasteiger partial charge >= 0.3 is 31.3 Å². The summed E-state index contributed by atoms with van der Waals surface area (Å²) in [5.41, 5.74) is 14.1. The number of amides is 2. The molecular weight excluding hydrogens is 468 g/mol. The van der Waals surface area contributed by atoms with Gasteiger partial charge in [-0.2, -0.15) is 15.3 Å². The third-order valence-corrected chi connectivity index (χ3v) is 2.49. The van der Waals surface area contributed by atoms with Crippen molar-refractivity contribution in [2.75, 3.05) is 0 Å². The second kappa shape index (κ2) is 16.1. The molecule has 0 aromatic carbocycles. The molecule has 0 saturated heterocycles. The molecule has 11 nitrogen and oxygen atoms in total. The molecule has 0 aliphatic heterocycles. The Labute approximate surface area is 175 Å². The van der Waals surface area contributed by atoms with Gasteiger partial charge in [0.25, 0.3) is 0 Å². The van der Waals surface area contributed by atoms with Gasteiger partial charge in [0.05, 0.1) is 23.3 Å². The van der Waals surface area contributed by atoms with Gasteiger partial charge in [0.1, 0.15) is 0 Å². The van der Waals surface area contributed by atoms with Crippen LogP contribution in [0.15, 0.2) is 64.1 Å². The molecule has 0 unspecified atom stereocenters. The first-order valence-corrected chi connectivity index (χ1v) is 9.32. The van der Waals surface area contributed by atoms with Crippen molar-refractivity contribution in [1.29, 1.82) is 0 Å². The Morgan fingerprint density at radius 3 is 2.21 bits per heavy atom. The molecule has 5 N–H and O–H groups in total. The van der Waals surface area contributed by atoms with Crippen molar-refractivity contribution in [2.45, 2.75) is 6.92 Å². The molecule has 0 radical (unpaired) electrons. The first-order valence-electron chi connectivity index (χ1n) is 7.28. The van der Waals surface area contributed by atoms with Gasteiger partial charge in [-0.3, -0.25) is 9.97 Å². The normalized spacial score (nSPS) is 10.8. The Bertz CT molecular complexity index is 837. The van der Waals surface area contributed by atoms with E-state index in [9.17, 15) is 4.79 Å². The first kappa shape index (κ1) is 24.9. The number of urea groups is 1. The van der Waals surface area contributed by atoms with Crippen LogP contribution in [-0.2, 0) is 37.9 Å². The Morgan fingerprint density at radius 2 is 1.75 bits per heavy atom. The summed E-state index contributed by atoms with van der Waals surface area (Å²) in [6.45, 7) is 1.73. The van der Waals surface area contributed by atoms with Gasteiger partial charge in [-0.1, -0.05) is 12.1 Å². The maximum atomic E-state index is 10.3. The van der Waals surface area contributed by atoms with Gasteiger partial charge in [-0.15, -0.1) is 0 Å². The van der Waals surface area contributed by atoms with E-state index in [2.05, 4.69) is 43.3 Å². The number of nitrogens with zero attached hydrogens (tertiary/aromatic N) is 5. The molecule has 148 valence electrons. The molecule has 0 atom stereocenters. The fourth-order valence-corrected chi connectivity index (χ4v) is 1.42. The molecule has 13 heteroatoms. The van der Waals surface area contributed by atoms with E-state index in [1.165, 1.54) is 6.21 Å². The summed E-state index contributed by atoms with van der Waals surface area (Å²) in [4.78, 5) is 18.3. The standard InChI is InChI=1S/C8H10N4O.C7H8N4S.Mo.2O/c1-6(11-12-8(9)13)7-4-2-3-5-10-7;8-7(12)11-10-5-6-3-1-2-4-9-6;;;/h2-5H,1H3,(H3,9,12,13);1-5H,(H3,8,11,12);;;/p-1/b11-6+;10-5+;;;. The zero-order valence-corrected chi connectivity index (χ0v) is 17.5. The SMILES string of the molecule is C/C(=N\NC(N)=O)c1ccccn1.N/C([S-])=N\N=C\c1ccccn1.[O]=[Mo]=[O]. The van der Waals surface area contributed by atoms with Crippen LogP contribution in [-0.4, -0.2) is 33.1 Å². The molecule has 0 aliphatic rings. The number of hydrogen-bond acceptors (Lipinski definition) is 9. The second-order valence-corrected chi connectivity index (χ2v) is 5.15. The van der Waals surface area contributed by atoms with Crippen molar-refractivity contribution in [3.05, 3.63) is 60.2 Å². The minimum atomic E-state index is -2.03. The number of hydrazone groups is 1. The first-order chi connectivity index (χ1) is 13.4. The molecular formula is C15H17MoN8O3S-. The van der Waals surface area contributed by atoms with Crippen molar-refractivity contribution in [2.24, 2.45) is 26.8 Å². The number of nitrogens with one attached hydrogen (secondary N) is 1. The summed E-state index contributed by atoms with van der Waals surface area (Å²) in [7, 11) is 0. The number of carbonyl (C=O) groups excluding carboxylic acids is 1. The molecule has 0 spiro atoms. The fourth-order valence-electron chi connectivity index (χ4n) is 1.37. The van der Waals surface area contributed by atoms with E-state index in [-0.39, 0.29) is 5.17 Å². The van der Waals surface area contributed by atoms with Gasteiger partial charge in [-0.25, -0.2) is 10.2 Å². The van der Waals surface area contributed by atoms with E-state index in [0.29, 0.717) is 11.4 Å². The third kappa shape index (κ3) is 14.1. The Balaban J connectivity index is 0.000000458. The van der Waals surface area contributed by atoms with Crippen molar-refractivity contribution in [3.8, 4) is 0 Å². The Morgan fingerprint density at radius 1 is 1.14 bits per heavy atom. The number of amidine groups is 1. The van der Waals surface area contributed by atoms with Crippen LogP contribution < -0.4 is 16.9 Å². The van der Waals surface area contributed by atoms with Crippen LogP contribution in [0.2, 0.25) is 0 Å². The molecule has 2 rings (SSSR count). The van der Waals surface area contributed by atoms with Crippen LogP contribution in [0.1, 0.15) is 18.3 Å². The summed E-state index contributed by atoms with van der Waals surface area (Å²) >= 11 is 2.46. The summed E-state index contributed by atoms with van der Waals surface area (Å²) in [6.07, 6.45) is 4.81. The van der Waals surface area contributed by atoms with Gasteiger partial charge in [0.15, 0.2) is 0 Å². The van der Waals surface area contributed by atoms with Crippen LogP contribution in [0.3, 0.4) is 0 Å². The van der Waals surface area contributed by atoms with Crippen LogP contribution in [0.5, 0.6) is 0 Å². The topological polar surface area (TPSA) is 178 Å². The van der Waals surface area contributed by atoms with Gasteiger partial charge in [0.2, 0.25) is 0 Å². The van der Waals surface area contributed by atoms with Crippen molar-refractivity contribution < 1.29 is 30.1 Å². The number of rotatable bonds is 4. The zero-order valence-electron chi connectivity index (χ0n) is 14.6. The van der Waals surface area contributed by atoms with E-state index in [1.54, 1.807) is 37.5 Å². The Hall–Kier alpha value is -3.11. The summed E-state index contributed by atoms with van der Waals surface area (Å²) in [5.74, 6) is 0. The predicted octanol–water partition coefficient (Wildman–Crippen LogP) is 0.511. The number of aromatic nitrogens is 2. The second-order valence-electron chi connectivity index (χ2n) is 4.39. The average Bonchev–Trinajstić information content (AvgIpc) is 2.68. The molecule has 2 aromatic rings. The van der Waals surface area contributed by atoms with Gasteiger partial charge < -0.3 is 24.1 Å². The van der Waals surface area contributed by atoms with Gasteiger partial charge in [-0.05, 0) is 36.4 Å². The minimum absolute atomic E-state index is 0.0159. The van der Waals surface area contributed by atoms with Crippen LogP contribution in [0.4, 0.5) is 4.79 Å². The van der Waals surface area contributed by atoms with Crippen molar-refractivity contribution >= 4 is 35.8 Å². The quantitative estimate of drug-likeness (QED) is 0.186. The fraction of sp³-hybridized carbons (Fsp3) is 0.0667. The van der Waals surface area contributed by atoms with Crippen LogP contribution >= 0.6 is 0 Å². The predicted molar refractivity (Wildman–Crippen MR) is 101 cm³/mol. The molecule has 0 bridgehead atoms. The maximum absolute atomic E-state index is 10.3. The van der Waals surface area contributed by atoms with E-state index in [1.807, 2.05) is 18.2 Å². The van der Waals surface area contributed by atoms with Crippen molar-refractivity contribution in [3.63, 3.8) is 0 Å².